The SMILES string of the molecule is CCCCn1c(SCc2csc(-c3ccc(OCC)cc3)n2)n[nH]c1=O. The average Bonchev–Trinajstić information content (AvgIpc) is 3.26. The molecule has 0 amide bonds. The van der Waals surface area contributed by atoms with Gasteiger partial charge in [0.1, 0.15) is 10.8 Å². The summed E-state index contributed by atoms with van der Waals surface area (Å²) < 4.78 is 7.17. The molecule has 0 aliphatic carbocycles. The summed E-state index contributed by atoms with van der Waals surface area (Å²) in [7, 11) is 0. The Morgan fingerprint density at radius 3 is 2.81 bits per heavy atom. The Hall–Kier alpha value is -2.06. The zero-order valence-corrected chi connectivity index (χ0v) is 16.5. The average molecular weight is 391 g/mol. The van der Waals surface area contributed by atoms with Crippen LogP contribution in [0.1, 0.15) is 32.4 Å². The second-order valence-electron chi connectivity index (χ2n) is 5.71. The molecule has 0 saturated heterocycles. The van der Waals surface area contributed by atoms with E-state index in [2.05, 4.69) is 22.5 Å². The van der Waals surface area contributed by atoms with Crippen LogP contribution in [-0.2, 0) is 12.3 Å². The summed E-state index contributed by atoms with van der Waals surface area (Å²) in [5.41, 5.74) is 1.92. The van der Waals surface area contributed by atoms with Crippen LogP contribution in [0.2, 0.25) is 0 Å². The maximum atomic E-state index is 11.8. The van der Waals surface area contributed by atoms with Gasteiger partial charge in [-0.2, -0.15) is 0 Å². The zero-order chi connectivity index (χ0) is 18.4. The van der Waals surface area contributed by atoms with E-state index in [1.165, 1.54) is 11.8 Å². The van der Waals surface area contributed by atoms with Crippen LogP contribution in [0.15, 0.2) is 39.6 Å². The smallest absolute Gasteiger partial charge is 0.343 e. The topological polar surface area (TPSA) is 72.8 Å². The predicted octanol–water partition coefficient (Wildman–Crippen LogP) is 4.19. The molecule has 0 saturated carbocycles. The number of ether oxygens (including phenoxy) is 1. The van der Waals surface area contributed by atoms with E-state index in [-0.39, 0.29) is 5.69 Å². The van der Waals surface area contributed by atoms with E-state index in [1.807, 2.05) is 31.2 Å². The van der Waals surface area contributed by atoms with Gasteiger partial charge in [-0.25, -0.2) is 14.9 Å². The molecule has 2 heterocycles. The highest BCUT2D eigenvalue weighted by Crippen LogP contribution is 2.28. The number of H-pyrrole nitrogens is 1. The number of thioether (sulfide) groups is 1. The summed E-state index contributed by atoms with van der Waals surface area (Å²) in [5, 5.41) is 10.4. The van der Waals surface area contributed by atoms with Gasteiger partial charge in [-0.1, -0.05) is 25.1 Å². The van der Waals surface area contributed by atoms with Crippen LogP contribution >= 0.6 is 23.1 Å². The fourth-order valence-corrected chi connectivity index (χ4v) is 4.23. The number of thiazole rings is 1. The number of rotatable bonds is 9. The molecule has 0 bridgehead atoms. The van der Waals surface area contributed by atoms with Gasteiger partial charge in [0.2, 0.25) is 0 Å². The first-order chi connectivity index (χ1) is 12.7. The normalized spacial score (nSPS) is 11.0. The maximum absolute atomic E-state index is 11.8. The minimum Gasteiger partial charge on any atom is -0.494 e. The van der Waals surface area contributed by atoms with Crippen LogP contribution in [-0.4, -0.2) is 26.4 Å². The van der Waals surface area contributed by atoms with Gasteiger partial charge in [0.25, 0.3) is 0 Å². The Kier molecular flexibility index (Phi) is 6.51. The van der Waals surface area contributed by atoms with Crippen molar-refractivity contribution in [3.05, 3.63) is 45.8 Å². The van der Waals surface area contributed by atoms with Gasteiger partial charge in [-0.15, -0.1) is 16.4 Å². The molecule has 6 nitrogen and oxygen atoms in total. The summed E-state index contributed by atoms with van der Waals surface area (Å²) in [5.74, 6) is 1.55. The standard InChI is InChI=1S/C18H22N4O2S2/c1-3-5-10-22-17(23)20-21-18(22)26-12-14-11-25-16(19-14)13-6-8-15(9-7-13)24-4-2/h6-9,11H,3-5,10,12H2,1-2H3,(H,20,23). The Bertz CT molecular complexity index is 883. The molecule has 3 rings (SSSR count). The Labute approximate surface area is 160 Å². The van der Waals surface area contributed by atoms with Crippen molar-refractivity contribution in [2.24, 2.45) is 0 Å². The molecule has 8 heteroatoms. The minimum atomic E-state index is -0.144. The maximum Gasteiger partial charge on any atom is 0.343 e. The second kappa shape index (κ2) is 9.05. The number of hydrogen-bond donors (Lipinski definition) is 1. The molecule has 1 aromatic carbocycles. The molecule has 2 aromatic heterocycles. The van der Waals surface area contributed by atoms with Crippen molar-refractivity contribution in [2.45, 2.75) is 44.1 Å². The highest BCUT2D eigenvalue weighted by molar-refractivity contribution is 7.98. The quantitative estimate of drug-likeness (QED) is 0.555. The summed E-state index contributed by atoms with van der Waals surface area (Å²) in [4.78, 5) is 16.5. The first-order valence-corrected chi connectivity index (χ1v) is 10.5. The van der Waals surface area contributed by atoms with E-state index in [1.54, 1.807) is 15.9 Å². The van der Waals surface area contributed by atoms with Gasteiger partial charge >= 0.3 is 5.69 Å². The number of benzene rings is 1. The van der Waals surface area contributed by atoms with Crippen molar-refractivity contribution in [1.82, 2.24) is 19.7 Å². The molecule has 0 spiro atoms. The first kappa shape index (κ1) is 18.7. The van der Waals surface area contributed by atoms with E-state index >= 15 is 0 Å². The van der Waals surface area contributed by atoms with Gasteiger partial charge < -0.3 is 4.74 Å². The lowest BCUT2D eigenvalue weighted by Gasteiger charge is -2.03. The Balaban J connectivity index is 1.65. The van der Waals surface area contributed by atoms with Crippen molar-refractivity contribution in [3.8, 4) is 16.3 Å². The van der Waals surface area contributed by atoms with Gasteiger partial charge in [0.05, 0.1) is 12.3 Å². The molecule has 3 aromatic rings. The van der Waals surface area contributed by atoms with Crippen molar-refractivity contribution in [1.29, 1.82) is 0 Å². The molecule has 0 fully saturated rings. The minimum absolute atomic E-state index is 0.144. The Morgan fingerprint density at radius 2 is 2.08 bits per heavy atom. The molecule has 1 N–H and O–H groups in total. The van der Waals surface area contributed by atoms with Crippen LogP contribution < -0.4 is 10.4 Å². The molecular weight excluding hydrogens is 368 g/mol. The number of unbranched alkanes of at least 4 members (excludes halogenated alkanes) is 1. The predicted molar refractivity (Wildman–Crippen MR) is 106 cm³/mol. The second-order valence-corrected chi connectivity index (χ2v) is 7.51. The molecule has 0 aliphatic rings. The lowest BCUT2D eigenvalue weighted by atomic mass is 10.2. The van der Waals surface area contributed by atoms with Crippen LogP contribution in [0.3, 0.4) is 0 Å². The van der Waals surface area contributed by atoms with Crippen LogP contribution in [0.25, 0.3) is 10.6 Å². The molecule has 0 atom stereocenters. The highest BCUT2D eigenvalue weighted by Gasteiger charge is 2.11. The van der Waals surface area contributed by atoms with Crippen molar-refractivity contribution in [3.63, 3.8) is 0 Å². The van der Waals surface area contributed by atoms with E-state index < -0.39 is 0 Å². The number of hydrogen-bond acceptors (Lipinski definition) is 6. The van der Waals surface area contributed by atoms with Crippen molar-refractivity contribution < 1.29 is 4.74 Å². The lowest BCUT2D eigenvalue weighted by molar-refractivity contribution is 0.340. The van der Waals surface area contributed by atoms with E-state index in [0.717, 1.165) is 40.0 Å². The van der Waals surface area contributed by atoms with Crippen LogP contribution in [0.4, 0.5) is 0 Å². The number of nitrogens with zero attached hydrogens (tertiary/aromatic N) is 3. The van der Waals surface area contributed by atoms with Crippen LogP contribution in [0, 0.1) is 0 Å². The lowest BCUT2D eigenvalue weighted by Crippen LogP contribution is -2.17. The zero-order valence-electron chi connectivity index (χ0n) is 14.9. The van der Waals surface area contributed by atoms with Crippen molar-refractivity contribution >= 4 is 23.1 Å². The van der Waals surface area contributed by atoms with E-state index in [9.17, 15) is 4.79 Å². The van der Waals surface area contributed by atoms with Gasteiger partial charge in [-0.3, -0.25) is 4.57 Å². The molecule has 138 valence electrons. The third-order valence-corrected chi connectivity index (χ3v) is 5.72. The molecule has 26 heavy (non-hydrogen) atoms. The molecule has 0 radical (unpaired) electrons. The summed E-state index contributed by atoms with van der Waals surface area (Å²) in [6.07, 6.45) is 2.00. The first-order valence-electron chi connectivity index (χ1n) is 8.67. The third-order valence-electron chi connectivity index (χ3n) is 3.77. The van der Waals surface area contributed by atoms with Gasteiger partial charge in [0.15, 0.2) is 5.16 Å². The molecule has 0 aliphatic heterocycles. The molecule has 0 unspecified atom stereocenters. The monoisotopic (exact) mass is 390 g/mol. The number of aromatic nitrogens is 4. The Morgan fingerprint density at radius 1 is 1.27 bits per heavy atom. The largest absolute Gasteiger partial charge is 0.494 e. The summed E-state index contributed by atoms with van der Waals surface area (Å²) in [6, 6.07) is 7.98. The summed E-state index contributed by atoms with van der Waals surface area (Å²) in [6.45, 7) is 5.44. The number of nitrogens with one attached hydrogen (secondary N) is 1. The number of aromatic amines is 1. The third kappa shape index (κ3) is 4.56. The van der Waals surface area contributed by atoms with Crippen molar-refractivity contribution in [2.75, 3.05) is 6.61 Å². The summed E-state index contributed by atoms with van der Waals surface area (Å²) >= 11 is 3.15. The van der Waals surface area contributed by atoms with Gasteiger partial charge in [0, 0.05) is 23.2 Å². The van der Waals surface area contributed by atoms with E-state index in [0.29, 0.717) is 18.9 Å². The van der Waals surface area contributed by atoms with Crippen LogP contribution in [0.5, 0.6) is 5.75 Å². The van der Waals surface area contributed by atoms with Gasteiger partial charge in [-0.05, 0) is 37.6 Å². The van der Waals surface area contributed by atoms with E-state index in [4.69, 9.17) is 9.72 Å². The molecular formula is C18H22N4O2S2. The highest BCUT2D eigenvalue weighted by atomic mass is 32.2. The fraction of sp³-hybridized carbons (Fsp3) is 0.389. The fourth-order valence-electron chi connectivity index (χ4n) is 2.43.